The molecular weight excluding hydrogens is 341 g/mol. The zero-order valence-electron chi connectivity index (χ0n) is 13.7. The molecule has 0 saturated carbocycles. The standard InChI is InChI=1S/C18H16FN3O2S/c1-11-3-5-12(6-4-11)17-20-18(22-21-17)25-10-15(23)13-7-8-16(24-2)14(19)9-13/h3-9H,10H2,1-2H3,(H,20,21,22). The van der Waals surface area contributed by atoms with Crippen LogP contribution in [0.15, 0.2) is 47.6 Å². The maximum absolute atomic E-state index is 13.7. The van der Waals surface area contributed by atoms with E-state index in [0.29, 0.717) is 16.5 Å². The summed E-state index contributed by atoms with van der Waals surface area (Å²) in [6, 6.07) is 12.1. The second-order valence-corrected chi connectivity index (χ2v) is 6.34. The molecule has 0 fully saturated rings. The number of ketones is 1. The van der Waals surface area contributed by atoms with Gasteiger partial charge in [0.1, 0.15) is 0 Å². The zero-order valence-corrected chi connectivity index (χ0v) is 14.6. The smallest absolute Gasteiger partial charge is 0.209 e. The van der Waals surface area contributed by atoms with Crippen LogP contribution >= 0.6 is 11.8 Å². The van der Waals surface area contributed by atoms with E-state index >= 15 is 0 Å². The number of carbonyl (C=O) groups is 1. The van der Waals surface area contributed by atoms with Gasteiger partial charge in [-0.1, -0.05) is 41.6 Å². The highest BCUT2D eigenvalue weighted by molar-refractivity contribution is 7.99. The minimum atomic E-state index is -0.557. The molecular formula is C18H16FN3O2S. The third-order valence-electron chi connectivity index (χ3n) is 3.60. The van der Waals surface area contributed by atoms with Crippen LogP contribution < -0.4 is 4.74 Å². The van der Waals surface area contributed by atoms with Crippen molar-refractivity contribution in [3.8, 4) is 17.1 Å². The van der Waals surface area contributed by atoms with Gasteiger partial charge in [-0.15, -0.1) is 5.10 Å². The van der Waals surface area contributed by atoms with Crippen LogP contribution in [-0.4, -0.2) is 33.8 Å². The molecule has 0 bridgehead atoms. The Kier molecular flexibility index (Phi) is 5.14. The molecule has 3 aromatic rings. The number of Topliss-reactive ketones (excluding diaryl/α,β-unsaturated/α-hetero) is 1. The number of thioether (sulfide) groups is 1. The molecule has 0 aliphatic carbocycles. The molecule has 1 N–H and O–H groups in total. The van der Waals surface area contributed by atoms with Gasteiger partial charge in [0.15, 0.2) is 23.2 Å². The van der Waals surface area contributed by atoms with E-state index in [1.165, 1.54) is 31.0 Å². The fraction of sp³-hybridized carbons (Fsp3) is 0.167. The monoisotopic (exact) mass is 357 g/mol. The fourth-order valence-corrected chi connectivity index (χ4v) is 2.90. The SMILES string of the molecule is COc1ccc(C(=O)CSc2n[nH]c(-c3ccc(C)cc3)n2)cc1F. The number of aromatic amines is 1. The first-order valence-corrected chi connectivity index (χ1v) is 8.54. The topological polar surface area (TPSA) is 67.9 Å². The number of rotatable bonds is 6. The Balaban J connectivity index is 1.65. The number of hydrogen-bond donors (Lipinski definition) is 1. The molecule has 0 saturated heterocycles. The van der Waals surface area contributed by atoms with Gasteiger partial charge in [0, 0.05) is 11.1 Å². The van der Waals surface area contributed by atoms with Gasteiger partial charge in [0.25, 0.3) is 0 Å². The Bertz CT molecular complexity index is 894. The van der Waals surface area contributed by atoms with Crippen molar-refractivity contribution in [2.45, 2.75) is 12.1 Å². The van der Waals surface area contributed by atoms with Gasteiger partial charge in [-0.05, 0) is 25.1 Å². The summed E-state index contributed by atoms with van der Waals surface area (Å²) < 4.78 is 18.5. The van der Waals surface area contributed by atoms with Crippen molar-refractivity contribution in [1.82, 2.24) is 15.2 Å². The van der Waals surface area contributed by atoms with Gasteiger partial charge >= 0.3 is 0 Å². The van der Waals surface area contributed by atoms with Crippen molar-refractivity contribution in [1.29, 1.82) is 0 Å². The number of aromatic nitrogens is 3. The first-order valence-electron chi connectivity index (χ1n) is 7.56. The maximum atomic E-state index is 13.7. The number of halogens is 1. The zero-order chi connectivity index (χ0) is 17.8. The average molecular weight is 357 g/mol. The first-order chi connectivity index (χ1) is 12.1. The van der Waals surface area contributed by atoms with Gasteiger partial charge in [0.05, 0.1) is 12.9 Å². The number of nitrogens with zero attached hydrogens (tertiary/aromatic N) is 2. The van der Waals surface area contributed by atoms with Crippen LogP contribution in [0.3, 0.4) is 0 Å². The van der Waals surface area contributed by atoms with Gasteiger partial charge < -0.3 is 4.74 Å². The van der Waals surface area contributed by atoms with E-state index < -0.39 is 5.82 Å². The van der Waals surface area contributed by atoms with Crippen LogP contribution in [-0.2, 0) is 0 Å². The molecule has 0 aliphatic heterocycles. The normalized spacial score (nSPS) is 10.7. The molecule has 1 aromatic heterocycles. The van der Waals surface area contributed by atoms with E-state index in [-0.39, 0.29) is 17.3 Å². The van der Waals surface area contributed by atoms with Gasteiger partial charge in [-0.2, -0.15) is 0 Å². The van der Waals surface area contributed by atoms with Crippen LogP contribution in [0, 0.1) is 12.7 Å². The minimum Gasteiger partial charge on any atom is -0.494 e. The van der Waals surface area contributed by atoms with Gasteiger partial charge in [-0.25, -0.2) is 9.37 Å². The summed E-state index contributed by atoms with van der Waals surface area (Å²) in [6.45, 7) is 2.01. The molecule has 25 heavy (non-hydrogen) atoms. The highest BCUT2D eigenvalue weighted by Gasteiger charge is 2.13. The first kappa shape index (κ1) is 17.2. The quantitative estimate of drug-likeness (QED) is 0.535. The van der Waals surface area contributed by atoms with Crippen molar-refractivity contribution in [2.24, 2.45) is 0 Å². The second kappa shape index (κ2) is 7.48. The average Bonchev–Trinajstić information content (AvgIpc) is 3.09. The lowest BCUT2D eigenvalue weighted by atomic mass is 10.1. The maximum Gasteiger partial charge on any atom is 0.209 e. The molecule has 128 valence electrons. The number of hydrogen-bond acceptors (Lipinski definition) is 5. The highest BCUT2D eigenvalue weighted by Crippen LogP contribution is 2.22. The lowest BCUT2D eigenvalue weighted by molar-refractivity contribution is 0.102. The van der Waals surface area contributed by atoms with Crippen molar-refractivity contribution in [3.63, 3.8) is 0 Å². The summed E-state index contributed by atoms with van der Waals surface area (Å²) in [4.78, 5) is 16.6. The minimum absolute atomic E-state index is 0.112. The second-order valence-electron chi connectivity index (χ2n) is 5.39. The van der Waals surface area contributed by atoms with Crippen molar-refractivity contribution < 1.29 is 13.9 Å². The van der Waals surface area contributed by atoms with Crippen molar-refractivity contribution in [2.75, 3.05) is 12.9 Å². The lowest BCUT2D eigenvalue weighted by Crippen LogP contribution is -2.03. The van der Waals surface area contributed by atoms with Crippen LogP contribution in [0.4, 0.5) is 4.39 Å². The molecule has 3 rings (SSSR count). The Morgan fingerprint density at radius 2 is 2.00 bits per heavy atom. The van der Waals surface area contributed by atoms with E-state index in [1.54, 1.807) is 6.07 Å². The summed E-state index contributed by atoms with van der Waals surface area (Å²) in [5.41, 5.74) is 2.38. The molecule has 5 nitrogen and oxygen atoms in total. The number of benzene rings is 2. The summed E-state index contributed by atoms with van der Waals surface area (Å²) in [6.07, 6.45) is 0. The van der Waals surface area contributed by atoms with Crippen LogP contribution in [0.25, 0.3) is 11.4 Å². The molecule has 2 aromatic carbocycles. The number of carbonyl (C=O) groups excluding carboxylic acids is 1. The fourth-order valence-electron chi connectivity index (χ4n) is 2.20. The largest absolute Gasteiger partial charge is 0.494 e. The number of H-pyrrole nitrogens is 1. The van der Waals surface area contributed by atoms with E-state index in [1.807, 2.05) is 31.2 Å². The predicted octanol–water partition coefficient (Wildman–Crippen LogP) is 3.90. The van der Waals surface area contributed by atoms with E-state index in [4.69, 9.17) is 4.74 Å². The molecule has 0 aliphatic rings. The van der Waals surface area contributed by atoms with E-state index in [2.05, 4.69) is 15.2 Å². The molecule has 0 spiro atoms. The highest BCUT2D eigenvalue weighted by atomic mass is 32.2. The van der Waals surface area contributed by atoms with Gasteiger partial charge in [0.2, 0.25) is 5.16 Å². The Hall–Kier alpha value is -2.67. The van der Waals surface area contributed by atoms with E-state index in [9.17, 15) is 9.18 Å². The molecule has 0 atom stereocenters. The molecule has 0 unspecified atom stereocenters. The van der Waals surface area contributed by atoms with Crippen LogP contribution in [0.2, 0.25) is 0 Å². The van der Waals surface area contributed by atoms with Crippen LogP contribution in [0.1, 0.15) is 15.9 Å². The Morgan fingerprint density at radius 3 is 2.68 bits per heavy atom. The van der Waals surface area contributed by atoms with Crippen LogP contribution in [0.5, 0.6) is 5.75 Å². The molecule has 1 heterocycles. The third-order valence-corrected chi connectivity index (χ3v) is 4.44. The van der Waals surface area contributed by atoms with Crippen molar-refractivity contribution >= 4 is 17.5 Å². The number of nitrogens with one attached hydrogen (secondary N) is 1. The lowest BCUT2D eigenvalue weighted by Gasteiger charge is -2.03. The summed E-state index contributed by atoms with van der Waals surface area (Å²) in [5.74, 6) is 0.120. The van der Waals surface area contributed by atoms with E-state index in [0.717, 1.165) is 11.1 Å². The molecule has 0 radical (unpaired) electrons. The number of ether oxygens (including phenoxy) is 1. The summed E-state index contributed by atoms with van der Waals surface area (Å²) in [7, 11) is 1.38. The number of methoxy groups -OCH3 is 1. The predicted molar refractivity (Wildman–Crippen MR) is 94.6 cm³/mol. The van der Waals surface area contributed by atoms with Gasteiger partial charge in [-0.3, -0.25) is 9.89 Å². The van der Waals surface area contributed by atoms with Crippen molar-refractivity contribution in [3.05, 3.63) is 59.4 Å². The summed E-state index contributed by atoms with van der Waals surface area (Å²) >= 11 is 1.20. The summed E-state index contributed by atoms with van der Waals surface area (Å²) in [5, 5.41) is 7.44. The Labute approximate surface area is 148 Å². The molecule has 7 heteroatoms. The molecule has 0 amide bonds. The number of aryl methyl sites for hydroxylation is 1. The third kappa shape index (κ3) is 4.06. The Morgan fingerprint density at radius 1 is 1.24 bits per heavy atom.